The third-order valence-corrected chi connectivity index (χ3v) is 7.51. The Bertz CT molecular complexity index is 591. The number of carbonyl (C=O) groups excluding carboxylic acids is 3. The minimum absolute atomic E-state index is 0.0944. The molecule has 0 aromatic rings. The van der Waals surface area contributed by atoms with Gasteiger partial charge in [0.25, 0.3) is 0 Å². The van der Waals surface area contributed by atoms with Crippen LogP contribution in [0.5, 0.6) is 0 Å². The largest absolute Gasteiger partial charge is 0.462 e. The Kier molecular flexibility index (Phi) is 27.1. The number of ether oxygens (including phenoxy) is 2. The molecule has 2 atom stereocenters. The predicted molar refractivity (Wildman–Crippen MR) is 160 cm³/mol. The molecule has 0 saturated heterocycles. The van der Waals surface area contributed by atoms with E-state index in [1.54, 1.807) is 0 Å². The van der Waals surface area contributed by atoms with Crippen LogP contribution < -0.4 is 0 Å². The van der Waals surface area contributed by atoms with Crippen LogP contribution in [-0.2, 0) is 23.9 Å². The van der Waals surface area contributed by atoms with Crippen molar-refractivity contribution in [3.8, 4) is 0 Å². The number of aliphatic hydroxyl groups excluding tert-OH is 1. The lowest BCUT2D eigenvalue weighted by atomic mass is 9.94. The lowest BCUT2D eigenvalue weighted by Crippen LogP contribution is -2.28. The second-order valence-electron chi connectivity index (χ2n) is 11.4. The Morgan fingerprint density at radius 3 is 1.54 bits per heavy atom. The van der Waals surface area contributed by atoms with Crippen molar-refractivity contribution >= 4 is 17.7 Å². The van der Waals surface area contributed by atoms with Crippen LogP contribution in [0.4, 0.5) is 0 Å². The van der Waals surface area contributed by atoms with E-state index in [1.165, 1.54) is 64.2 Å². The van der Waals surface area contributed by atoms with E-state index in [9.17, 15) is 19.5 Å². The predicted octanol–water partition coefficient (Wildman–Crippen LogP) is 8.65. The number of hydrogen-bond acceptors (Lipinski definition) is 6. The van der Waals surface area contributed by atoms with E-state index in [2.05, 4.69) is 20.8 Å². The van der Waals surface area contributed by atoms with Gasteiger partial charge < -0.3 is 14.6 Å². The summed E-state index contributed by atoms with van der Waals surface area (Å²) < 4.78 is 10.5. The van der Waals surface area contributed by atoms with Gasteiger partial charge in [0.2, 0.25) is 0 Å². The van der Waals surface area contributed by atoms with E-state index in [-0.39, 0.29) is 31.1 Å². The SMILES string of the molecule is CCCCCCCCCC(=O)OC(CO)COC(=O)CCCCCCCC(C)C(=O)CCCCCCCCC. The molecule has 2 unspecified atom stereocenters. The smallest absolute Gasteiger partial charge is 0.306 e. The molecular formula is C33H62O6. The number of rotatable bonds is 29. The molecule has 0 saturated carbocycles. The van der Waals surface area contributed by atoms with E-state index in [1.807, 2.05) is 0 Å². The van der Waals surface area contributed by atoms with Crippen molar-refractivity contribution in [2.75, 3.05) is 13.2 Å². The van der Waals surface area contributed by atoms with E-state index >= 15 is 0 Å². The third-order valence-electron chi connectivity index (χ3n) is 7.51. The Morgan fingerprint density at radius 2 is 1.03 bits per heavy atom. The van der Waals surface area contributed by atoms with Gasteiger partial charge in [-0.15, -0.1) is 0 Å². The van der Waals surface area contributed by atoms with Crippen molar-refractivity contribution < 1.29 is 29.0 Å². The number of esters is 2. The first-order chi connectivity index (χ1) is 18.9. The topological polar surface area (TPSA) is 89.9 Å². The van der Waals surface area contributed by atoms with Crippen LogP contribution >= 0.6 is 0 Å². The molecule has 0 amide bonds. The van der Waals surface area contributed by atoms with E-state index < -0.39 is 6.10 Å². The highest BCUT2D eigenvalue weighted by Crippen LogP contribution is 2.17. The standard InChI is InChI=1S/C33H62O6/c1-4-6-8-10-12-16-20-24-31(35)29(3)23-19-15-14-18-21-25-32(36)38-28-30(27-34)39-33(37)26-22-17-13-11-9-7-5-2/h29-30,34H,4-28H2,1-3H3. The summed E-state index contributed by atoms with van der Waals surface area (Å²) in [6.07, 6.45) is 23.0. The fraction of sp³-hybridized carbons (Fsp3) is 0.909. The summed E-state index contributed by atoms with van der Waals surface area (Å²) in [7, 11) is 0. The van der Waals surface area contributed by atoms with Crippen LogP contribution in [0.2, 0.25) is 0 Å². The van der Waals surface area contributed by atoms with Gasteiger partial charge in [0, 0.05) is 25.2 Å². The van der Waals surface area contributed by atoms with Crippen molar-refractivity contribution in [2.24, 2.45) is 5.92 Å². The first-order valence-electron chi connectivity index (χ1n) is 16.4. The molecule has 6 heteroatoms. The lowest BCUT2D eigenvalue weighted by molar-refractivity contribution is -0.161. The van der Waals surface area contributed by atoms with Gasteiger partial charge in [0.1, 0.15) is 12.4 Å². The van der Waals surface area contributed by atoms with E-state index in [0.717, 1.165) is 70.6 Å². The number of Topliss-reactive ketones (excluding diaryl/α,β-unsaturated/α-hetero) is 1. The van der Waals surface area contributed by atoms with Crippen molar-refractivity contribution in [2.45, 2.75) is 175 Å². The number of aliphatic hydroxyl groups is 1. The summed E-state index contributed by atoms with van der Waals surface area (Å²) in [5.41, 5.74) is 0. The fourth-order valence-electron chi connectivity index (χ4n) is 4.77. The van der Waals surface area contributed by atoms with Gasteiger partial charge >= 0.3 is 11.9 Å². The molecule has 0 rings (SSSR count). The Balaban J connectivity index is 3.70. The highest BCUT2D eigenvalue weighted by atomic mass is 16.6. The Labute approximate surface area is 240 Å². The van der Waals surface area contributed by atoms with Crippen molar-refractivity contribution in [3.63, 3.8) is 0 Å². The Morgan fingerprint density at radius 1 is 0.590 bits per heavy atom. The highest BCUT2D eigenvalue weighted by Gasteiger charge is 2.16. The molecule has 0 bridgehead atoms. The summed E-state index contributed by atoms with van der Waals surface area (Å²) in [6, 6.07) is 0. The quantitative estimate of drug-likeness (QED) is 0.0735. The van der Waals surface area contributed by atoms with Crippen molar-refractivity contribution in [3.05, 3.63) is 0 Å². The molecule has 6 nitrogen and oxygen atoms in total. The molecule has 230 valence electrons. The molecule has 39 heavy (non-hydrogen) atoms. The maximum absolute atomic E-state index is 12.3. The van der Waals surface area contributed by atoms with Gasteiger partial charge in [-0.2, -0.15) is 0 Å². The summed E-state index contributed by atoms with van der Waals surface area (Å²) in [4.78, 5) is 36.3. The minimum atomic E-state index is -0.790. The van der Waals surface area contributed by atoms with Gasteiger partial charge in [0.15, 0.2) is 6.10 Å². The summed E-state index contributed by atoms with van der Waals surface area (Å²) in [6.45, 7) is 6.04. The molecule has 0 heterocycles. The van der Waals surface area contributed by atoms with Gasteiger partial charge in [-0.1, -0.05) is 124 Å². The molecular weight excluding hydrogens is 492 g/mol. The number of carbonyl (C=O) groups is 3. The lowest BCUT2D eigenvalue weighted by Gasteiger charge is -2.15. The van der Waals surface area contributed by atoms with Gasteiger partial charge in [-0.05, 0) is 25.7 Å². The van der Waals surface area contributed by atoms with Crippen LogP contribution in [0.25, 0.3) is 0 Å². The molecule has 0 fully saturated rings. The zero-order valence-corrected chi connectivity index (χ0v) is 25.8. The molecule has 0 aliphatic heterocycles. The van der Waals surface area contributed by atoms with Crippen LogP contribution in [-0.4, -0.2) is 42.1 Å². The normalized spacial score (nSPS) is 12.7. The highest BCUT2D eigenvalue weighted by molar-refractivity contribution is 5.80. The van der Waals surface area contributed by atoms with Crippen LogP contribution in [0.15, 0.2) is 0 Å². The van der Waals surface area contributed by atoms with Crippen LogP contribution in [0.1, 0.15) is 168 Å². The number of hydrogen-bond donors (Lipinski definition) is 1. The molecule has 0 aromatic carbocycles. The van der Waals surface area contributed by atoms with Gasteiger partial charge in [-0.3, -0.25) is 14.4 Å². The van der Waals surface area contributed by atoms with Crippen LogP contribution in [0.3, 0.4) is 0 Å². The first-order valence-corrected chi connectivity index (χ1v) is 16.4. The van der Waals surface area contributed by atoms with E-state index in [0.29, 0.717) is 18.6 Å². The van der Waals surface area contributed by atoms with Gasteiger partial charge in [-0.25, -0.2) is 0 Å². The second kappa shape index (κ2) is 28.1. The second-order valence-corrected chi connectivity index (χ2v) is 11.4. The monoisotopic (exact) mass is 554 g/mol. The van der Waals surface area contributed by atoms with Gasteiger partial charge in [0.05, 0.1) is 6.61 Å². The zero-order chi connectivity index (χ0) is 29.0. The summed E-state index contributed by atoms with van der Waals surface area (Å²) >= 11 is 0. The minimum Gasteiger partial charge on any atom is -0.462 e. The average Bonchev–Trinajstić information content (AvgIpc) is 2.93. The number of ketones is 1. The average molecular weight is 555 g/mol. The molecule has 0 aromatic heterocycles. The molecule has 0 radical (unpaired) electrons. The zero-order valence-electron chi connectivity index (χ0n) is 25.8. The van der Waals surface area contributed by atoms with Crippen molar-refractivity contribution in [1.29, 1.82) is 0 Å². The van der Waals surface area contributed by atoms with E-state index in [4.69, 9.17) is 9.47 Å². The maximum Gasteiger partial charge on any atom is 0.306 e. The fourth-order valence-corrected chi connectivity index (χ4v) is 4.77. The molecule has 0 aliphatic rings. The molecule has 1 N–H and O–H groups in total. The summed E-state index contributed by atoms with van der Waals surface area (Å²) in [5, 5.41) is 9.45. The third kappa shape index (κ3) is 25.3. The molecule has 0 aliphatic carbocycles. The van der Waals surface area contributed by atoms with Crippen molar-refractivity contribution in [1.82, 2.24) is 0 Å². The number of unbranched alkanes of at least 4 members (excludes halogenated alkanes) is 16. The summed E-state index contributed by atoms with van der Waals surface area (Å²) in [5.74, 6) is -0.0891. The maximum atomic E-state index is 12.3. The molecule has 0 spiro atoms. The van der Waals surface area contributed by atoms with Crippen LogP contribution in [0, 0.1) is 5.92 Å². The Hall–Kier alpha value is -1.43. The first kappa shape index (κ1) is 37.6.